The van der Waals surface area contributed by atoms with Gasteiger partial charge in [0.25, 0.3) is 0 Å². The Morgan fingerprint density at radius 1 is 1.55 bits per heavy atom. The van der Waals surface area contributed by atoms with E-state index in [4.69, 9.17) is 14.5 Å². The lowest BCUT2D eigenvalue weighted by molar-refractivity contribution is 0.0880. The van der Waals surface area contributed by atoms with Gasteiger partial charge in [0.15, 0.2) is 0 Å². The van der Waals surface area contributed by atoms with Gasteiger partial charge in [-0.05, 0) is 34.1 Å². The fraction of sp³-hybridized carbons (Fsp3) is 0.300. The Morgan fingerprint density at radius 2 is 2.25 bits per heavy atom. The summed E-state index contributed by atoms with van der Waals surface area (Å²) in [4.78, 5) is 29.9. The van der Waals surface area contributed by atoms with Crippen LogP contribution in [-0.2, 0) is 13.8 Å². The van der Waals surface area contributed by atoms with Gasteiger partial charge in [0.2, 0.25) is 0 Å². The van der Waals surface area contributed by atoms with Gasteiger partial charge in [-0.2, -0.15) is 0 Å². The molecular formula is C10H10BrFNO6P. The van der Waals surface area contributed by atoms with E-state index in [1.54, 1.807) is 0 Å². The number of carbonyl (C=O) groups is 1. The van der Waals surface area contributed by atoms with Crippen LogP contribution in [-0.4, -0.2) is 35.1 Å². The molecule has 1 saturated heterocycles. The van der Waals surface area contributed by atoms with E-state index in [1.807, 2.05) is 0 Å². The molecule has 2 N–H and O–H groups in total. The maximum absolute atomic E-state index is 13.4. The highest BCUT2D eigenvalue weighted by molar-refractivity contribution is 9.10. The predicted molar refractivity (Wildman–Crippen MR) is 69.7 cm³/mol. The SMILES string of the molecule is O=C1OC(COP(=O)(O)O)CN1c1ccc(Br)c(F)c1. The summed E-state index contributed by atoms with van der Waals surface area (Å²) in [5.74, 6) is -0.537. The van der Waals surface area contributed by atoms with Crippen molar-refractivity contribution in [3.05, 3.63) is 28.5 Å². The number of phosphoric ester groups is 1. The quantitative estimate of drug-likeness (QED) is 0.788. The lowest BCUT2D eigenvalue weighted by atomic mass is 10.2. The van der Waals surface area contributed by atoms with Crippen LogP contribution in [0.25, 0.3) is 0 Å². The van der Waals surface area contributed by atoms with E-state index >= 15 is 0 Å². The zero-order chi connectivity index (χ0) is 14.9. The number of hydrogen-bond acceptors (Lipinski definition) is 4. The van der Waals surface area contributed by atoms with E-state index in [1.165, 1.54) is 12.1 Å². The number of carbonyl (C=O) groups excluding carboxylic acids is 1. The lowest BCUT2D eigenvalue weighted by Gasteiger charge is -2.13. The molecule has 10 heteroatoms. The van der Waals surface area contributed by atoms with Crippen LogP contribution in [0.5, 0.6) is 0 Å². The molecule has 20 heavy (non-hydrogen) atoms. The van der Waals surface area contributed by atoms with Gasteiger partial charge in [0.05, 0.1) is 23.3 Å². The highest BCUT2D eigenvalue weighted by Crippen LogP contribution is 2.36. The molecule has 0 spiro atoms. The molecule has 1 atom stereocenters. The Bertz CT molecular complexity index is 579. The van der Waals surface area contributed by atoms with Crippen molar-refractivity contribution in [3.8, 4) is 0 Å². The van der Waals surface area contributed by atoms with Crippen molar-refractivity contribution in [1.82, 2.24) is 0 Å². The molecule has 1 aromatic carbocycles. The van der Waals surface area contributed by atoms with Crippen molar-refractivity contribution in [1.29, 1.82) is 0 Å². The molecule has 110 valence electrons. The van der Waals surface area contributed by atoms with Crippen molar-refractivity contribution in [2.24, 2.45) is 0 Å². The number of cyclic esters (lactones) is 1. The molecule has 0 aromatic heterocycles. The summed E-state index contributed by atoms with van der Waals surface area (Å²) < 4.78 is 33.4. The van der Waals surface area contributed by atoms with E-state index in [9.17, 15) is 13.8 Å². The summed E-state index contributed by atoms with van der Waals surface area (Å²) in [5, 5.41) is 0. The molecule has 1 heterocycles. The molecule has 0 radical (unpaired) electrons. The highest BCUT2D eigenvalue weighted by atomic mass is 79.9. The van der Waals surface area contributed by atoms with Gasteiger partial charge in [-0.3, -0.25) is 9.42 Å². The molecule has 1 amide bonds. The third-order valence-electron chi connectivity index (χ3n) is 2.52. The number of hydrogen-bond donors (Lipinski definition) is 2. The van der Waals surface area contributed by atoms with E-state index in [0.717, 1.165) is 11.0 Å². The first-order valence-corrected chi connectivity index (χ1v) is 7.72. The van der Waals surface area contributed by atoms with E-state index in [2.05, 4.69) is 20.5 Å². The zero-order valence-electron chi connectivity index (χ0n) is 9.90. The summed E-state index contributed by atoms with van der Waals surface area (Å²) in [6.07, 6.45) is -1.56. The zero-order valence-corrected chi connectivity index (χ0v) is 12.4. The van der Waals surface area contributed by atoms with E-state index < -0.39 is 32.4 Å². The Labute approximate surface area is 121 Å². The van der Waals surface area contributed by atoms with Crippen LogP contribution in [0, 0.1) is 5.82 Å². The first-order valence-electron chi connectivity index (χ1n) is 5.39. The molecule has 1 aromatic rings. The van der Waals surface area contributed by atoms with Gasteiger partial charge < -0.3 is 14.5 Å². The average Bonchev–Trinajstić information content (AvgIpc) is 2.71. The normalized spacial score (nSPS) is 19.3. The van der Waals surface area contributed by atoms with Crippen LogP contribution in [0.2, 0.25) is 0 Å². The number of benzene rings is 1. The van der Waals surface area contributed by atoms with E-state index in [0.29, 0.717) is 0 Å². The number of ether oxygens (including phenoxy) is 1. The molecule has 1 aliphatic rings. The maximum atomic E-state index is 13.4. The first kappa shape index (κ1) is 15.4. The molecular weight excluding hydrogens is 360 g/mol. The standard InChI is InChI=1S/C10H10BrFNO6P/c11-8-2-1-6(3-9(8)12)13-4-7(19-10(13)14)5-18-20(15,16)17/h1-3,7H,4-5H2,(H2,15,16,17). The number of amides is 1. The van der Waals surface area contributed by atoms with Gasteiger partial charge >= 0.3 is 13.9 Å². The van der Waals surface area contributed by atoms with Crippen LogP contribution in [0.4, 0.5) is 14.9 Å². The molecule has 1 unspecified atom stereocenters. The predicted octanol–water partition coefficient (Wildman–Crippen LogP) is 2.02. The minimum absolute atomic E-state index is 0.0138. The third kappa shape index (κ3) is 3.77. The van der Waals surface area contributed by atoms with Gasteiger partial charge in [-0.15, -0.1) is 0 Å². The monoisotopic (exact) mass is 369 g/mol. The van der Waals surface area contributed by atoms with E-state index in [-0.39, 0.29) is 16.7 Å². The average molecular weight is 370 g/mol. The molecule has 0 saturated carbocycles. The summed E-state index contributed by atoms with van der Waals surface area (Å²) in [7, 11) is -4.62. The van der Waals surface area contributed by atoms with Crippen molar-refractivity contribution < 1.29 is 32.8 Å². The second-order valence-electron chi connectivity index (χ2n) is 4.00. The smallest absolute Gasteiger partial charge is 0.441 e. The molecule has 1 fully saturated rings. The Morgan fingerprint density at radius 3 is 2.85 bits per heavy atom. The lowest BCUT2D eigenvalue weighted by Crippen LogP contribution is -2.25. The largest absolute Gasteiger partial charge is 0.469 e. The number of rotatable bonds is 4. The summed E-state index contributed by atoms with van der Waals surface area (Å²) in [6.45, 7) is -0.425. The minimum Gasteiger partial charge on any atom is -0.441 e. The Hall–Kier alpha value is -0.990. The van der Waals surface area contributed by atoms with Crippen LogP contribution in [0.15, 0.2) is 22.7 Å². The molecule has 0 aliphatic carbocycles. The molecule has 1 aliphatic heterocycles. The van der Waals surface area contributed by atoms with Crippen molar-refractivity contribution in [2.75, 3.05) is 18.1 Å². The van der Waals surface area contributed by atoms with Crippen LogP contribution >= 0.6 is 23.8 Å². The fourth-order valence-electron chi connectivity index (χ4n) is 1.65. The number of phosphoric acid groups is 1. The van der Waals surface area contributed by atoms with Crippen molar-refractivity contribution >= 4 is 35.5 Å². The van der Waals surface area contributed by atoms with Crippen LogP contribution in [0.1, 0.15) is 0 Å². The van der Waals surface area contributed by atoms with Gasteiger partial charge in [0, 0.05) is 0 Å². The van der Waals surface area contributed by atoms with Crippen LogP contribution < -0.4 is 4.90 Å². The Kier molecular flexibility index (Phi) is 4.46. The summed E-state index contributed by atoms with van der Waals surface area (Å²) in [5.41, 5.74) is 0.286. The van der Waals surface area contributed by atoms with Gasteiger partial charge in [-0.1, -0.05) is 0 Å². The number of nitrogens with zero attached hydrogens (tertiary/aromatic N) is 1. The minimum atomic E-state index is -4.62. The van der Waals surface area contributed by atoms with Crippen LogP contribution in [0.3, 0.4) is 0 Å². The molecule has 7 nitrogen and oxygen atoms in total. The Balaban J connectivity index is 2.05. The third-order valence-corrected chi connectivity index (χ3v) is 3.65. The van der Waals surface area contributed by atoms with Gasteiger partial charge in [0.1, 0.15) is 11.9 Å². The molecule has 2 rings (SSSR count). The maximum Gasteiger partial charge on any atom is 0.469 e. The summed E-state index contributed by atoms with van der Waals surface area (Å²) >= 11 is 3.00. The van der Waals surface area contributed by atoms with Crippen molar-refractivity contribution in [2.45, 2.75) is 6.10 Å². The first-order chi connectivity index (χ1) is 9.26. The second kappa shape index (κ2) is 5.79. The topological polar surface area (TPSA) is 96.3 Å². The number of halogens is 2. The fourth-order valence-corrected chi connectivity index (χ4v) is 2.26. The highest BCUT2D eigenvalue weighted by Gasteiger charge is 2.34. The van der Waals surface area contributed by atoms with Gasteiger partial charge in [-0.25, -0.2) is 13.8 Å². The number of anilines is 1. The summed E-state index contributed by atoms with van der Waals surface area (Å²) in [6, 6.07) is 4.11. The molecule has 0 bridgehead atoms. The van der Waals surface area contributed by atoms with Crippen molar-refractivity contribution in [3.63, 3.8) is 0 Å². The second-order valence-corrected chi connectivity index (χ2v) is 6.09.